The number of nitrogens with zero attached hydrogens (tertiary/aromatic N) is 1. The Labute approximate surface area is 94.3 Å². The van der Waals surface area contributed by atoms with E-state index in [9.17, 15) is 10.1 Å². The van der Waals surface area contributed by atoms with Crippen molar-refractivity contribution >= 4 is 11.4 Å². The Morgan fingerprint density at radius 2 is 2.19 bits per heavy atom. The van der Waals surface area contributed by atoms with Gasteiger partial charge < -0.3 is 10.4 Å². The molecule has 0 unspecified atom stereocenters. The minimum absolute atomic E-state index is 0.0866. The number of phenols is 1. The molecule has 0 amide bonds. The van der Waals surface area contributed by atoms with Gasteiger partial charge in [-0.05, 0) is 18.6 Å². The second kappa shape index (κ2) is 5.95. The minimum Gasteiger partial charge on any atom is -0.508 e. The summed E-state index contributed by atoms with van der Waals surface area (Å²) in [4.78, 5) is 10.2. The van der Waals surface area contributed by atoms with Crippen LogP contribution in [0.25, 0.3) is 0 Å². The van der Waals surface area contributed by atoms with Gasteiger partial charge in [0.2, 0.25) is 0 Å². The van der Waals surface area contributed by atoms with Gasteiger partial charge in [-0.25, -0.2) is 0 Å². The van der Waals surface area contributed by atoms with Gasteiger partial charge in [-0.3, -0.25) is 10.1 Å². The zero-order valence-electron chi connectivity index (χ0n) is 9.27. The largest absolute Gasteiger partial charge is 0.508 e. The van der Waals surface area contributed by atoms with Crippen LogP contribution < -0.4 is 5.32 Å². The van der Waals surface area contributed by atoms with Crippen LogP contribution in [0.1, 0.15) is 26.2 Å². The van der Waals surface area contributed by atoms with Gasteiger partial charge >= 0.3 is 0 Å². The summed E-state index contributed by atoms with van der Waals surface area (Å²) in [5, 5.41) is 22.9. The third-order valence-electron chi connectivity index (χ3n) is 2.27. The summed E-state index contributed by atoms with van der Waals surface area (Å²) in [7, 11) is 0. The maximum atomic E-state index is 10.7. The Morgan fingerprint density at radius 3 is 2.81 bits per heavy atom. The van der Waals surface area contributed by atoms with E-state index in [0.717, 1.165) is 25.3 Å². The molecule has 1 aromatic carbocycles. The predicted octanol–water partition coefficient (Wildman–Crippen LogP) is 2.90. The quantitative estimate of drug-likeness (QED) is 0.337. The van der Waals surface area contributed by atoms with E-state index in [2.05, 4.69) is 12.2 Å². The first kappa shape index (κ1) is 12.3. The van der Waals surface area contributed by atoms with Gasteiger partial charge in [0.05, 0.1) is 11.0 Å². The molecule has 1 aromatic rings. The molecule has 0 saturated heterocycles. The highest BCUT2D eigenvalue weighted by Gasteiger charge is 2.13. The molecule has 1 rings (SSSR count). The zero-order chi connectivity index (χ0) is 12.0. The smallest absolute Gasteiger partial charge is 0.296 e. The summed E-state index contributed by atoms with van der Waals surface area (Å²) in [5.74, 6) is -0.0918. The molecule has 0 atom stereocenters. The summed E-state index contributed by atoms with van der Waals surface area (Å²) >= 11 is 0. The van der Waals surface area contributed by atoms with Crippen molar-refractivity contribution in [3.05, 3.63) is 28.3 Å². The number of nitro benzene ring substituents is 1. The summed E-state index contributed by atoms with van der Waals surface area (Å²) in [6, 6.07) is 4.12. The van der Waals surface area contributed by atoms with Crippen LogP contribution in [0.5, 0.6) is 5.75 Å². The lowest BCUT2D eigenvalue weighted by atomic mass is 10.2. The van der Waals surface area contributed by atoms with E-state index in [4.69, 9.17) is 5.11 Å². The Balaban J connectivity index is 2.67. The molecule has 88 valence electrons. The number of nitro groups is 1. The molecule has 0 saturated carbocycles. The average Bonchev–Trinajstić information content (AvgIpc) is 2.26. The number of hydrogen-bond acceptors (Lipinski definition) is 4. The molecule has 0 spiro atoms. The standard InChI is InChI=1S/C11H16N2O3/c1-2-3-4-7-12-10-6-5-9(14)8-11(10)13(15)16/h5-6,8,12,14H,2-4,7H2,1H3. The second-order valence-electron chi connectivity index (χ2n) is 3.59. The van der Waals surface area contributed by atoms with Gasteiger partial charge in [-0.2, -0.15) is 0 Å². The lowest BCUT2D eigenvalue weighted by Crippen LogP contribution is -2.03. The van der Waals surface area contributed by atoms with Gasteiger partial charge in [-0.15, -0.1) is 0 Å². The van der Waals surface area contributed by atoms with Crippen LogP contribution in [-0.4, -0.2) is 16.6 Å². The third-order valence-corrected chi connectivity index (χ3v) is 2.27. The van der Waals surface area contributed by atoms with Crippen LogP contribution in [-0.2, 0) is 0 Å². The Bertz CT molecular complexity index is 366. The number of phenolic OH excluding ortho intramolecular Hbond substituents is 1. The zero-order valence-corrected chi connectivity index (χ0v) is 9.27. The number of nitrogens with one attached hydrogen (secondary N) is 1. The maximum Gasteiger partial charge on any atom is 0.296 e. The summed E-state index contributed by atoms with van der Waals surface area (Å²) < 4.78 is 0. The molecule has 0 bridgehead atoms. The molecule has 0 aliphatic rings. The molecule has 0 radical (unpaired) electrons. The molecule has 0 aliphatic heterocycles. The molecule has 2 N–H and O–H groups in total. The number of rotatable bonds is 6. The summed E-state index contributed by atoms with van der Waals surface area (Å²) in [6.45, 7) is 2.81. The van der Waals surface area contributed by atoms with Gasteiger partial charge in [0.25, 0.3) is 5.69 Å². The van der Waals surface area contributed by atoms with Crippen molar-refractivity contribution in [3.63, 3.8) is 0 Å². The highest BCUT2D eigenvalue weighted by Crippen LogP contribution is 2.28. The molecular weight excluding hydrogens is 208 g/mol. The predicted molar refractivity (Wildman–Crippen MR) is 62.8 cm³/mol. The molecule has 0 aliphatic carbocycles. The van der Waals surface area contributed by atoms with Crippen LogP contribution in [0, 0.1) is 10.1 Å². The third kappa shape index (κ3) is 3.42. The number of unbranched alkanes of at least 4 members (excludes halogenated alkanes) is 2. The molecule has 0 aromatic heterocycles. The summed E-state index contributed by atoms with van der Waals surface area (Å²) in [6.07, 6.45) is 3.19. The molecule has 0 heterocycles. The fraction of sp³-hybridized carbons (Fsp3) is 0.455. The maximum absolute atomic E-state index is 10.7. The Hall–Kier alpha value is -1.78. The lowest BCUT2D eigenvalue weighted by Gasteiger charge is -2.06. The number of benzene rings is 1. The normalized spacial score (nSPS) is 10.1. The van der Waals surface area contributed by atoms with Gasteiger partial charge in [0.15, 0.2) is 0 Å². The topological polar surface area (TPSA) is 75.4 Å². The van der Waals surface area contributed by atoms with Gasteiger partial charge in [0.1, 0.15) is 11.4 Å². The first-order valence-electron chi connectivity index (χ1n) is 5.36. The Kier molecular flexibility index (Phi) is 4.57. The lowest BCUT2D eigenvalue weighted by molar-refractivity contribution is -0.384. The van der Waals surface area contributed by atoms with E-state index in [1.165, 1.54) is 12.1 Å². The van der Waals surface area contributed by atoms with Gasteiger partial charge in [0, 0.05) is 6.54 Å². The minimum atomic E-state index is -0.498. The molecule has 16 heavy (non-hydrogen) atoms. The first-order chi connectivity index (χ1) is 7.65. The SMILES string of the molecule is CCCCCNc1ccc(O)cc1[N+](=O)[O-]. The van der Waals surface area contributed by atoms with E-state index in [1.54, 1.807) is 0 Å². The van der Waals surface area contributed by atoms with Crippen LogP contribution in [0.4, 0.5) is 11.4 Å². The van der Waals surface area contributed by atoms with Crippen LogP contribution in [0.3, 0.4) is 0 Å². The summed E-state index contributed by atoms with van der Waals surface area (Å²) in [5.41, 5.74) is 0.371. The van der Waals surface area contributed by atoms with E-state index in [0.29, 0.717) is 12.2 Å². The molecule has 5 heteroatoms. The van der Waals surface area contributed by atoms with Crippen molar-refractivity contribution in [3.8, 4) is 5.75 Å². The van der Waals surface area contributed by atoms with E-state index in [1.807, 2.05) is 0 Å². The van der Waals surface area contributed by atoms with Crippen molar-refractivity contribution in [2.24, 2.45) is 0 Å². The second-order valence-corrected chi connectivity index (χ2v) is 3.59. The number of hydrogen-bond donors (Lipinski definition) is 2. The van der Waals surface area contributed by atoms with E-state index >= 15 is 0 Å². The van der Waals surface area contributed by atoms with Crippen LogP contribution in [0.2, 0.25) is 0 Å². The fourth-order valence-electron chi connectivity index (χ4n) is 1.42. The molecular formula is C11H16N2O3. The highest BCUT2D eigenvalue weighted by molar-refractivity contribution is 5.63. The number of aromatic hydroxyl groups is 1. The Morgan fingerprint density at radius 1 is 1.44 bits per heavy atom. The molecule has 0 fully saturated rings. The van der Waals surface area contributed by atoms with Crippen molar-refractivity contribution < 1.29 is 10.0 Å². The van der Waals surface area contributed by atoms with Crippen molar-refractivity contribution in [2.75, 3.05) is 11.9 Å². The molecule has 5 nitrogen and oxygen atoms in total. The van der Waals surface area contributed by atoms with Gasteiger partial charge in [-0.1, -0.05) is 19.8 Å². The van der Waals surface area contributed by atoms with E-state index < -0.39 is 4.92 Å². The average molecular weight is 224 g/mol. The fourth-order valence-corrected chi connectivity index (χ4v) is 1.42. The monoisotopic (exact) mass is 224 g/mol. The van der Waals surface area contributed by atoms with Crippen LogP contribution >= 0.6 is 0 Å². The first-order valence-corrected chi connectivity index (χ1v) is 5.36. The number of anilines is 1. The van der Waals surface area contributed by atoms with Crippen molar-refractivity contribution in [1.29, 1.82) is 0 Å². The van der Waals surface area contributed by atoms with Crippen LogP contribution in [0.15, 0.2) is 18.2 Å². The highest BCUT2D eigenvalue weighted by atomic mass is 16.6. The van der Waals surface area contributed by atoms with Crippen molar-refractivity contribution in [2.45, 2.75) is 26.2 Å². The van der Waals surface area contributed by atoms with E-state index in [-0.39, 0.29) is 11.4 Å². The van der Waals surface area contributed by atoms with Crippen molar-refractivity contribution in [1.82, 2.24) is 0 Å².